The van der Waals surface area contributed by atoms with Crippen LogP contribution < -0.4 is 10.6 Å². The first-order chi connectivity index (χ1) is 12.3. The summed E-state index contributed by atoms with van der Waals surface area (Å²) >= 11 is 0. The van der Waals surface area contributed by atoms with Crippen LogP contribution in [0.4, 0.5) is 11.5 Å². The van der Waals surface area contributed by atoms with Gasteiger partial charge in [0, 0.05) is 30.3 Å². The highest BCUT2D eigenvalue weighted by molar-refractivity contribution is 5.95. The third kappa shape index (κ3) is 6.14. The van der Waals surface area contributed by atoms with Crippen molar-refractivity contribution in [3.8, 4) is 0 Å². The van der Waals surface area contributed by atoms with Crippen molar-refractivity contribution >= 4 is 29.1 Å². The van der Waals surface area contributed by atoms with Crippen molar-refractivity contribution in [2.45, 2.75) is 20.3 Å². The molecule has 2 amide bonds. The molecule has 0 spiro atoms. The predicted octanol–water partition coefficient (Wildman–Crippen LogP) is 2.08. The molecule has 2 N–H and O–H groups in total. The van der Waals surface area contributed by atoms with Crippen molar-refractivity contribution in [2.24, 2.45) is 0 Å². The predicted molar refractivity (Wildman–Crippen MR) is 97.1 cm³/mol. The van der Waals surface area contributed by atoms with Gasteiger partial charge >= 0.3 is 0 Å². The van der Waals surface area contributed by atoms with Crippen molar-refractivity contribution < 1.29 is 18.9 Å². The second kappa shape index (κ2) is 8.91. The summed E-state index contributed by atoms with van der Waals surface area (Å²) in [5, 5.41) is 9.07. The average molecular weight is 358 g/mol. The van der Waals surface area contributed by atoms with Gasteiger partial charge in [0.1, 0.15) is 5.76 Å². The van der Waals surface area contributed by atoms with Gasteiger partial charge < -0.3 is 15.2 Å². The third-order valence-corrected chi connectivity index (χ3v) is 3.60. The first-order valence-corrected chi connectivity index (χ1v) is 8.16. The number of nitrogens with one attached hydrogen (secondary N) is 2. The van der Waals surface area contributed by atoms with E-state index in [9.17, 15) is 14.4 Å². The first-order valence-electron chi connectivity index (χ1n) is 8.16. The summed E-state index contributed by atoms with van der Waals surface area (Å²) in [6, 6.07) is 8.33. The zero-order valence-corrected chi connectivity index (χ0v) is 15.0. The molecule has 8 heteroatoms. The molecule has 8 nitrogen and oxygen atoms in total. The molecular weight excluding hydrogens is 336 g/mol. The van der Waals surface area contributed by atoms with Crippen molar-refractivity contribution in [2.75, 3.05) is 30.8 Å². The van der Waals surface area contributed by atoms with Gasteiger partial charge in [0.25, 0.3) is 0 Å². The normalized spacial score (nSPS) is 10.6. The van der Waals surface area contributed by atoms with Crippen LogP contribution in [0.3, 0.4) is 0 Å². The molecule has 0 aliphatic rings. The number of likely N-dealkylation sites (N-methyl/N-ethyl adjacent to an activating group) is 1. The third-order valence-electron chi connectivity index (χ3n) is 3.60. The maximum absolute atomic E-state index is 12.0. The maximum atomic E-state index is 12.0. The van der Waals surface area contributed by atoms with E-state index in [4.69, 9.17) is 4.52 Å². The van der Waals surface area contributed by atoms with Crippen LogP contribution >= 0.6 is 0 Å². The van der Waals surface area contributed by atoms with Crippen molar-refractivity contribution in [3.05, 3.63) is 41.7 Å². The van der Waals surface area contributed by atoms with E-state index in [1.807, 2.05) is 0 Å². The minimum Gasteiger partial charge on any atom is -0.360 e. The van der Waals surface area contributed by atoms with Crippen LogP contribution in [-0.4, -0.2) is 47.8 Å². The van der Waals surface area contributed by atoms with Crippen molar-refractivity contribution in [1.82, 2.24) is 10.1 Å². The summed E-state index contributed by atoms with van der Waals surface area (Å²) in [7, 11) is 1.75. The summed E-state index contributed by atoms with van der Waals surface area (Å²) in [5.41, 5.74) is 1.22. The van der Waals surface area contributed by atoms with Gasteiger partial charge in [0.2, 0.25) is 11.8 Å². The van der Waals surface area contributed by atoms with Crippen LogP contribution in [0.15, 0.2) is 34.9 Å². The fraction of sp³-hybridized carbons (Fsp3) is 0.333. The Kier molecular flexibility index (Phi) is 6.62. The number of rotatable bonds is 8. The van der Waals surface area contributed by atoms with E-state index in [1.165, 1.54) is 6.92 Å². The second-order valence-electron chi connectivity index (χ2n) is 6.04. The lowest BCUT2D eigenvalue weighted by Gasteiger charge is -2.15. The Labute approximate surface area is 151 Å². The van der Waals surface area contributed by atoms with Gasteiger partial charge in [-0.15, -0.1) is 0 Å². The van der Waals surface area contributed by atoms with E-state index >= 15 is 0 Å². The molecule has 1 aromatic heterocycles. The van der Waals surface area contributed by atoms with Gasteiger partial charge in [-0.3, -0.25) is 19.3 Å². The van der Waals surface area contributed by atoms with Gasteiger partial charge in [-0.05, 0) is 45.2 Å². The summed E-state index contributed by atoms with van der Waals surface area (Å²) < 4.78 is 4.88. The molecule has 0 aliphatic heterocycles. The molecule has 0 bridgehead atoms. The van der Waals surface area contributed by atoms with Crippen LogP contribution in [0.5, 0.6) is 0 Å². The number of anilines is 2. The fourth-order valence-electron chi connectivity index (χ4n) is 2.24. The first kappa shape index (κ1) is 19.3. The molecule has 0 aliphatic carbocycles. The number of carbonyl (C=O) groups is 3. The van der Waals surface area contributed by atoms with Gasteiger partial charge in [0.15, 0.2) is 11.6 Å². The molecule has 138 valence electrons. The molecule has 0 saturated carbocycles. The van der Waals surface area contributed by atoms with E-state index in [0.29, 0.717) is 29.4 Å². The Morgan fingerprint density at radius 1 is 1.12 bits per heavy atom. The Morgan fingerprint density at radius 3 is 2.38 bits per heavy atom. The van der Waals surface area contributed by atoms with E-state index in [1.54, 1.807) is 49.2 Å². The average Bonchev–Trinajstić information content (AvgIpc) is 2.98. The molecule has 26 heavy (non-hydrogen) atoms. The lowest BCUT2D eigenvalue weighted by Crippen LogP contribution is -2.32. The lowest BCUT2D eigenvalue weighted by molar-refractivity contribution is -0.119. The monoisotopic (exact) mass is 358 g/mol. The largest absolute Gasteiger partial charge is 0.360 e. The van der Waals surface area contributed by atoms with Gasteiger partial charge in [-0.1, -0.05) is 5.16 Å². The lowest BCUT2D eigenvalue weighted by atomic mass is 10.1. The number of aromatic nitrogens is 1. The molecule has 2 aromatic rings. The minimum absolute atomic E-state index is 0.0245. The fourth-order valence-corrected chi connectivity index (χ4v) is 2.24. The summed E-state index contributed by atoms with van der Waals surface area (Å²) in [6.45, 7) is 3.78. The van der Waals surface area contributed by atoms with Crippen LogP contribution in [0.25, 0.3) is 0 Å². The van der Waals surface area contributed by atoms with Crippen LogP contribution in [0.1, 0.15) is 29.5 Å². The summed E-state index contributed by atoms with van der Waals surface area (Å²) in [4.78, 5) is 36.8. The summed E-state index contributed by atoms with van der Waals surface area (Å²) in [6.07, 6.45) is 0.237. The number of hydrogen-bond donors (Lipinski definition) is 2. The highest BCUT2D eigenvalue weighted by Gasteiger charge is 2.11. The number of ketones is 1. The molecule has 1 heterocycles. The van der Waals surface area contributed by atoms with Gasteiger partial charge in [-0.25, -0.2) is 0 Å². The zero-order valence-electron chi connectivity index (χ0n) is 15.0. The van der Waals surface area contributed by atoms with E-state index in [-0.39, 0.29) is 30.6 Å². The molecule has 1 aromatic carbocycles. The number of amides is 2. The number of benzene rings is 1. The SMILES string of the molecule is CC(=O)c1ccc(NC(=O)CCN(C)CC(=O)Nc2cc(C)on2)cc1. The van der Waals surface area contributed by atoms with Gasteiger partial charge in [-0.2, -0.15) is 0 Å². The molecule has 0 saturated heterocycles. The number of hydrogen-bond acceptors (Lipinski definition) is 6. The number of carbonyl (C=O) groups excluding carboxylic acids is 3. The highest BCUT2D eigenvalue weighted by Crippen LogP contribution is 2.10. The topological polar surface area (TPSA) is 105 Å². The standard InChI is InChI=1S/C18H22N4O4/c1-12-10-16(21-26-12)20-18(25)11-22(3)9-8-17(24)19-15-6-4-14(5-7-15)13(2)23/h4-7,10H,8-9,11H2,1-3H3,(H,19,24)(H,20,21,25). The Morgan fingerprint density at radius 2 is 1.81 bits per heavy atom. The van der Waals surface area contributed by atoms with Crippen LogP contribution in [0, 0.1) is 6.92 Å². The van der Waals surface area contributed by atoms with Crippen molar-refractivity contribution in [3.63, 3.8) is 0 Å². The molecule has 0 fully saturated rings. The zero-order chi connectivity index (χ0) is 19.1. The minimum atomic E-state index is -0.235. The Bertz CT molecular complexity index is 783. The molecule has 0 atom stereocenters. The van der Waals surface area contributed by atoms with Crippen LogP contribution in [0.2, 0.25) is 0 Å². The Balaban J connectivity index is 1.72. The van der Waals surface area contributed by atoms with E-state index in [2.05, 4.69) is 15.8 Å². The number of Topliss-reactive ketones (excluding diaryl/α,β-unsaturated/α-hetero) is 1. The smallest absolute Gasteiger partial charge is 0.239 e. The molecule has 0 unspecified atom stereocenters. The number of aryl methyl sites for hydroxylation is 1. The second-order valence-corrected chi connectivity index (χ2v) is 6.04. The van der Waals surface area contributed by atoms with E-state index in [0.717, 1.165) is 0 Å². The number of nitrogens with zero attached hydrogens (tertiary/aromatic N) is 2. The quantitative estimate of drug-likeness (QED) is 0.700. The maximum Gasteiger partial charge on any atom is 0.239 e. The van der Waals surface area contributed by atoms with Gasteiger partial charge in [0.05, 0.1) is 6.54 Å². The Hall–Kier alpha value is -3.00. The van der Waals surface area contributed by atoms with Crippen LogP contribution in [-0.2, 0) is 9.59 Å². The highest BCUT2D eigenvalue weighted by atomic mass is 16.5. The van der Waals surface area contributed by atoms with Crippen molar-refractivity contribution in [1.29, 1.82) is 0 Å². The summed E-state index contributed by atoms with van der Waals surface area (Å²) in [5.74, 6) is 0.554. The van der Waals surface area contributed by atoms with E-state index < -0.39 is 0 Å². The molecule has 0 radical (unpaired) electrons. The molecular formula is C18H22N4O4. The molecule has 2 rings (SSSR count).